The Balaban J connectivity index is 1.84. The molecular weight excluding hydrogens is 248 g/mol. The minimum atomic E-state index is 0.0142. The van der Waals surface area contributed by atoms with E-state index in [-0.39, 0.29) is 11.3 Å². The van der Waals surface area contributed by atoms with Crippen LogP contribution in [0.5, 0.6) is 0 Å². The number of halogens is 1. The number of likely N-dealkylation sites (tertiary alicyclic amines) is 1. The van der Waals surface area contributed by atoms with Crippen molar-refractivity contribution in [3.8, 4) is 0 Å². The Bertz CT molecular complexity index is 396. The Morgan fingerprint density at radius 3 is 2.78 bits per heavy atom. The molecule has 1 aliphatic heterocycles. The molecule has 0 spiro atoms. The predicted octanol–water partition coefficient (Wildman–Crippen LogP) is 1.86. The molecule has 0 bridgehead atoms. The number of benzene rings is 1. The highest BCUT2D eigenvalue weighted by Crippen LogP contribution is 2.23. The number of nitrogens with zero attached hydrogens (tertiary/aromatic N) is 1. The summed E-state index contributed by atoms with van der Waals surface area (Å²) in [5, 5.41) is 2.98. The van der Waals surface area contributed by atoms with Gasteiger partial charge in [-0.1, -0.05) is 30.3 Å². The molecule has 1 aromatic carbocycles. The molecule has 0 aromatic heterocycles. The van der Waals surface area contributed by atoms with Gasteiger partial charge in [0.25, 0.3) is 0 Å². The molecule has 0 unspecified atom stereocenters. The van der Waals surface area contributed by atoms with E-state index >= 15 is 0 Å². The third-order valence-electron chi connectivity index (χ3n) is 3.30. The standard InChI is InChI=1S/C14H19ClN2O/c1-11(18)16-7-13-9-17(10-14(13)15)8-12-5-3-2-4-6-12/h2-6,13-14H,7-10H2,1H3,(H,16,18)/t13-,14+/m1/s1. The Kier molecular flexibility index (Phi) is 4.61. The predicted molar refractivity (Wildman–Crippen MR) is 73.5 cm³/mol. The van der Waals surface area contributed by atoms with Crippen molar-refractivity contribution >= 4 is 17.5 Å². The molecule has 0 radical (unpaired) electrons. The van der Waals surface area contributed by atoms with Crippen molar-refractivity contribution in [3.05, 3.63) is 35.9 Å². The van der Waals surface area contributed by atoms with E-state index in [1.807, 2.05) is 6.07 Å². The molecule has 1 N–H and O–H groups in total. The van der Waals surface area contributed by atoms with Crippen LogP contribution in [0.15, 0.2) is 30.3 Å². The molecule has 4 heteroatoms. The number of hydrogen-bond donors (Lipinski definition) is 1. The number of carbonyl (C=O) groups excluding carboxylic acids is 1. The zero-order valence-electron chi connectivity index (χ0n) is 10.6. The van der Waals surface area contributed by atoms with Crippen molar-refractivity contribution in [3.63, 3.8) is 0 Å². The van der Waals surface area contributed by atoms with Crippen molar-refractivity contribution in [1.29, 1.82) is 0 Å². The highest BCUT2D eigenvalue weighted by molar-refractivity contribution is 6.21. The van der Waals surface area contributed by atoms with Crippen LogP contribution in [0.4, 0.5) is 0 Å². The lowest BCUT2D eigenvalue weighted by atomic mass is 10.1. The van der Waals surface area contributed by atoms with Crippen LogP contribution in [0.1, 0.15) is 12.5 Å². The van der Waals surface area contributed by atoms with E-state index in [0.717, 1.165) is 19.6 Å². The van der Waals surface area contributed by atoms with E-state index in [2.05, 4.69) is 34.5 Å². The van der Waals surface area contributed by atoms with Crippen molar-refractivity contribution in [2.24, 2.45) is 5.92 Å². The lowest BCUT2D eigenvalue weighted by Gasteiger charge is -2.15. The number of rotatable bonds is 4. The molecule has 1 aromatic rings. The zero-order chi connectivity index (χ0) is 13.0. The Labute approximate surface area is 113 Å². The van der Waals surface area contributed by atoms with Gasteiger partial charge in [0, 0.05) is 39.0 Å². The third-order valence-corrected chi connectivity index (χ3v) is 3.79. The SMILES string of the molecule is CC(=O)NC[C@@H]1CN(Cc2ccccc2)C[C@@H]1Cl. The van der Waals surface area contributed by atoms with Crippen LogP contribution >= 0.6 is 11.6 Å². The maximum Gasteiger partial charge on any atom is 0.216 e. The van der Waals surface area contributed by atoms with Gasteiger partial charge >= 0.3 is 0 Å². The highest BCUT2D eigenvalue weighted by Gasteiger charge is 2.31. The molecule has 18 heavy (non-hydrogen) atoms. The second-order valence-corrected chi connectivity index (χ2v) is 5.45. The van der Waals surface area contributed by atoms with Crippen molar-refractivity contribution in [2.45, 2.75) is 18.8 Å². The van der Waals surface area contributed by atoms with Crippen molar-refractivity contribution in [2.75, 3.05) is 19.6 Å². The minimum absolute atomic E-state index is 0.0142. The lowest BCUT2D eigenvalue weighted by Crippen LogP contribution is -2.31. The summed E-state index contributed by atoms with van der Waals surface area (Å²) in [6, 6.07) is 10.4. The van der Waals surface area contributed by atoms with Crippen LogP contribution in [0.3, 0.4) is 0 Å². The van der Waals surface area contributed by atoms with Gasteiger partial charge in [-0.25, -0.2) is 0 Å². The summed E-state index contributed by atoms with van der Waals surface area (Å²) >= 11 is 6.33. The largest absolute Gasteiger partial charge is 0.356 e. The Morgan fingerprint density at radius 1 is 1.39 bits per heavy atom. The first kappa shape index (κ1) is 13.4. The van der Waals surface area contributed by atoms with E-state index in [1.165, 1.54) is 5.56 Å². The van der Waals surface area contributed by atoms with E-state index in [4.69, 9.17) is 11.6 Å². The average Bonchev–Trinajstić information content (AvgIpc) is 2.68. The number of nitrogens with one attached hydrogen (secondary N) is 1. The monoisotopic (exact) mass is 266 g/mol. The molecule has 1 heterocycles. The highest BCUT2D eigenvalue weighted by atomic mass is 35.5. The van der Waals surface area contributed by atoms with Crippen LogP contribution in [0, 0.1) is 5.92 Å². The molecule has 1 saturated heterocycles. The molecule has 0 saturated carbocycles. The Hall–Kier alpha value is -1.06. The molecule has 2 rings (SSSR count). The zero-order valence-corrected chi connectivity index (χ0v) is 11.4. The van der Waals surface area contributed by atoms with Gasteiger partial charge < -0.3 is 5.32 Å². The van der Waals surface area contributed by atoms with Gasteiger partial charge in [-0.3, -0.25) is 9.69 Å². The second kappa shape index (κ2) is 6.21. The van der Waals surface area contributed by atoms with Crippen LogP contribution in [0.2, 0.25) is 0 Å². The van der Waals surface area contributed by atoms with Gasteiger partial charge in [0.15, 0.2) is 0 Å². The molecule has 1 amide bonds. The van der Waals surface area contributed by atoms with Crippen LogP contribution in [0.25, 0.3) is 0 Å². The number of carbonyl (C=O) groups is 1. The van der Waals surface area contributed by atoms with Crippen molar-refractivity contribution in [1.82, 2.24) is 10.2 Å². The maximum absolute atomic E-state index is 10.9. The first-order valence-electron chi connectivity index (χ1n) is 6.30. The van der Waals surface area contributed by atoms with E-state index < -0.39 is 0 Å². The van der Waals surface area contributed by atoms with Gasteiger partial charge in [0.1, 0.15) is 0 Å². The molecule has 1 aliphatic rings. The summed E-state index contributed by atoms with van der Waals surface area (Å²) in [6.45, 7) is 4.99. The summed E-state index contributed by atoms with van der Waals surface area (Å²) in [5.74, 6) is 0.361. The van der Waals surface area contributed by atoms with E-state index in [0.29, 0.717) is 12.5 Å². The first-order chi connectivity index (χ1) is 8.65. The summed E-state index contributed by atoms with van der Waals surface area (Å²) < 4.78 is 0. The number of hydrogen-bond acceptors (Lipinski definition) is 2. The van der Waals surface area contributed by atoms with Gasteiger partial charge in [0.2, 0.25) is 5.91 Å². The van der Waals surface area contributed by atoms with Gasteiger partial charge in [0.05, 0.1) is 5.38 Å². The normalized spacial score (nSPS) is 24.1. The maximum atomic E-state index is 10.9. The quantitative estimate of drug-likeness (QED) is 0.844. The van der Waals surface area contributed by atoms with Crippen LogP contribution in [-0.2, 0) is 11.3 Å². The molecule has 2 atom stereocenters. The first-order valence-corrected chi connectivity index (χ1v) is 6.73. The average molecular weight is 267 g/mol. The molecule has 3 nitrogen and oxygen atoms in total. The van der Waals surface area contributed by atoms with Gasteiger partial charge in [-0.2, -0.15) is 0 Å². The Morgan fingerprint density at radius 2 is 2.11 bits per heavy atom. The molecular formula is C14H19ClN2O. The lowest BCUT2D eigenvalue weighted by molar-refractivity contribution is -0.119. The van der Waals surface area contributed by atoms with Crippen LogP contribution < -0.4 is 5.32 Å². The fourth-order valence-corrected chi connectivity index (χ4v) is 2.72. The topological polar surface area (TPSA) is 32.3 Å². The van der Waals surface area contributed by atoms with Crippen molar-refractivity contribution < 1.29 is 4.79 Å². The summed E-state index contributed by atoms with van der Waals surface area (Å²) in [6.07, 6.45) is 0. The summed E-state index contributed by atoms with van der Waals surface area (Å²) in [7, 11) is 0. The molecule has 0 aliphatic carbocycles. The fourth-order valence-electron chi connectivity index (χ4n) is 2.35. The number of alkyl halides is 1. The van der Waals surface area contributed by atoms with Gasteiger partial charge in [-0.15, -0.1) is 11.6 Å². The van der Waals surface area contributed by atoms with Crippen LogP contribution in [-0.4, -0.2) is 35.8 Å². The van der Waals surface area contributed by atoms with E-state index in [9.17, 15) is 4.79 Å². The summed E-state index contributed by atoms with van der Waals surface area (Å²) in [5.41, 5.74) is 1.31. The fraction of sp³-hybridized carbons (Fsp3) is 0.500. The third kappa shape index (κ3) is 3.72. The van der Waals surface area contributed by atoms with Gasteiger partial charge in [-0.05, 0) is 5.56 Å². The summed E-state index contributed by atoms with van der Waals surface area (Å²) in [4.78, 5) is 13.3. The molecule has 98 valence electrons. The smallest absolute Gasteiger partial charge is 0.216 e. The number of amides is 1. The second-order valence-electron chi connectivity index (χ2n) is 4.89. The molecule has 1 fully saturated rings. The minimum Gasteiger partial charge on any atom is -0.356 e. The van der Waals surface area contributed by atoms with E-state index in [1.54, 1.807) is 6.92 Å².